The summed E-state index contributed by atoms with van der Waals surface area (Å²) in [6, 6.07) is 3.89. The van der Waals surface area contributed by atoms with Crippen molar-refractivity contribution >= 4 is 17.4 Å². The van der Waals surface area contributed by atoms with Gasteiger partial charge in [-0.2, -0.15) is 0 Å². The topological polar surface area (TPSA) is 29.1 Å². The van der Waals surface area contributed by atoms with Crippen LogP contribution in [-0.4, -0.2) is 18.9 Å². The maximum atomic E-state index is 13.0. The summed E-state index contributed by atoms with van der Waals surface area (Å²) in [7, 11) is 0. The van der Waals surface area contributed by atoms with Crippen LogP contribution in [0.2, 0.25) is 5.02 Å². The minimum absolute atomic E-state index is 0.0653. The fourth-order valence-electron chi connectivity index (χ4n) is 1.78. The molecule has 0 bridgehead atoms. The first-order valence-corrected chi connectivity index (χ1v) is 5.26. The molecule has 1 fully saturated rings. The number of rotatable bonds is 2. The molecule has 1 aromatic rings. The lowest BCUT2D eigenvalue weighted by atomic mass is 9.97. The summed E-state index contributed by atoms with van der Waals surface area (Å²) in [6.45, 7) is 1.50. The zero-order valence-corrected chi connectivity index (χ0v) is 8.85. The molecule has 1 aliphatic heterocycles. The molecule has 0 radical (unpaired) electrons. The van der Waals surface area contributed by atoms with Crippen molar-refractivity contribution in [3.63, 3.8) is 0 Å². The number of ketones is 1. The predicted octanol–water partition coefficient (Wildman–Crippen LogP) is 2.27. The minimum Gasteiger partial charge on any atom is -0.316 e. The van der Waals surface area contributed by atoms with Gasteiger partial charge in [-0.3, -0.25) is 4.79 Å². The van der Waals surface area contributed by atoms with Gasteiger partial charge >= 0.3 is 0 Å². The average molecular weight is 228 g/mol. The second kappa shape index (κ2) is 4.29. The Balaban J connectivity index is 2.27. The van der Waals surface area contributed by atoms with Crippen LogP contribution < -0.4 is 5.32 Å². The van der Waals surface area contributed by atoms with Gasteiger partial charge in [0.25, 0.3) is 0 Å². The van der Waals surface area contributed by atoms with Crippen molar-refractivity contribution < 1.29 is 9.18 Å². The molecule has 0 aliphatic carbocycles. The summed E-state index contributed by atoms with van der Waals surface area (Å²) in [5.74, 6) is -0.553. The molecule has 1 saturated heterocycles. The van der Waals surface area contributed by atoms with Gasteiger partial charge in [0.1, 0.15) is 5.82 Å². The maximum Gasteiger partial charge on any atom is 0.168 e. The van der Waals surface area contributed by atoms with Crippen LogP contribution in [0.4, 0.5) is 4.39 Å². The maximum absolute atomic E-state index is 13.0. The van der Waals surface area contributed by atoms with Gasteiger partial charge in [-0.1, -0.05) is 11.6 Å². The van der Waals surface area contributed by atoms with E-state index in [0.29, 0.717) is 17.1 Å². The first-order valence-electron chi connectivity index (χ1n) is 4.88. The third-order valence-corrected chi connectivity index (χ3v) is 2.95. The number of halogens is 2. The largest absolute Gasteiger partial charge is 0.316 e. The average Bonchev–Trinajstić information content (AvgIpc) is 2.74. The second-order valence-corrected chi connectivity index (χ2v) is 4.09. The summed E-state index contributed by atoms with van der Waals surface area (Å²) in [5.41, 5.74) is 0.297. The van der Waals surface area contributed by atoms with E-state index in [0.717, 1.165) is 13.0 Å². The molecule has 15 heavy (non-hydrogen) atoms. The van der Waals surface area contributed by atoms with Crippen LogP contribution in [0, 0.1) is 11.7 Å². The number of carbonyl (C=O) groups is 1. The molecule has 1 aliphatic rings. The number of nitrogens with one attached hydrogen (secondary N) is 1. The van der Waals surface area contributed by atoms with Crippen molar-refractivity contribution in [3.05, 3.63) is 34.6 Å². The molecule has 1 N–H and O–H groups in total. The van der Waals surface area contributed by atoms with Crippen LogP contribution >= 0.6 is 11.6 Å². The predicted molar refractivity (Wildman–Crippen MR) is 56.7 cm³/mol. The van der Waals surface area contributed by atoms with Gasteiger partial charge in [-0.15, -0.1) is 0 Å². The monoisotopic (exact) mass is 227 g/mol. The third kappa shape index (κ3) is 2.19. The number of hydrogen-bond acceptors (Lipinski definition) is 2. The fraction of sp³-hybridized carbons (Fsp3) is 0.364. The zero-order valence-electron chi connectivity index (χ0n) is 8.09. The van der Waals surface area contributed by atoms with E-state index >= 15 is 0 Å². The molecule has 4 heteroatoms. The normalized spacial score (nSPS) is 20.5. The molecule has 0 aromatic heterocycles. The molecule has 1 heterocycles. The van der Waals surface area contributed by atoms with E-state index in [9.17, 15) is 9.18 Å². The Morgan fingerprint density at radius 3 is 3.00 bits per heavy atom. The third-order valence-electron chi connectivity index (χ3n) is 2.62. The van der Waals surface area contributed by atoms with Gasteiger partial charge < -0.3 is 5.32 Å². The van der Waals surface area contributed by atoms with E-state index < -0.39 is 5.82 Å². The van der Waals surface area contributed by atoms with E-state index in [2.05, 4.69) is 5.32 Å². The van der Waals surface area contributed by atoms with E-state index in [1.807, 2.05) is 0 Å². The number of benzene rings is 1. The highest BCUT2D eigenvalue weighted by molar-refractivity contribution is 6.34. The molecule has 2 rings (SSSR count). The summed E-state index contributed by atoms with van der Waals surface area (Å²) in [5, 5.41) is 3.43. The van der Waals surface area contributed by atoms with E-state index in [1.54, 1.807) is 0 Å². The fourth-order valence-corrected chi connectivity index (χ4v) is 2.00. The van der Waals surface area contributed by atoms with Crippen LogP contribution in [0.15, 0.2) is 18.2 Å². The Hall–Kier alpha value is -0.930. The molecule has 0 spiro atoms. The summed E-state index contributed by atoms with van der Waals surface area (Å²) in [6.07, 6.45) is 0.797. The number of carbonyl (C=O) groups excluding carboxylic acids is 1. The van der Waals surface area contributed by atoms with Gasteiger partial charge in [0.2, 0.25) is 0 Å². The van der Waals surface area contributed by atoms with Crippen LogP contribution in [-0.2, 0) is 0 Å². The van der Waals surface area contributed by atoms with Crippen molar-refractivity contribution in [2.24, 2.45) is 5.92 Å². The molecule has 0 saturated carbocycles. The van der Waals surface area contributed by atoms with E-state index in [-0.39, 0.29) is 11.7 Å². The highest BCUT2D eigenvalue weighted by Crippen LogP contribution is 2.22. The molecule has 1 aromatic carbocycles. The van der Waals surface area contributed by atoms with Crippen molar-refractivity contribution in [2.45, 2.75) is 6.42 Å². The Labute approximate surface area is 92.4 Å². The van der Waals surface area contributed by atoms with Crippen molar-refractivity contribution in [2.75, 3.05) is 13.1 Å². The Morgan fingerprint density at radius 1 is 1.53 bits per heavy atom. The Morgan fingerprint density at radius 2 is 2.33 bits per heavy atom. The standard InChI is InChI=1S/C11H11ClFNO/c12-10-2-1-8(13)5-9(10)11(15)7-3-4-14-6-7/h1-2,5,7,14H,3-4,6H2. The number of hydrogen-bond donors (Lipinski definition) is 1. The second-order valence-electron chi connectivity index (χ2n) is 3.68. The Kier molecular flexibility index (Phi) is 3.03. The summed E-state index contributed by atoms with van der Waals surface area (Å²) >= 11 is 5.86. The van der Waals surface area contributed by atoms with Gasteiger partial charge in [-0.05, 0) is 31.2 Å². The zero-order chi connectivity index (χ0) is 10.8. The first-order chi connectivity index (χ1) is 7.18. The van der Waals surface area contributed by atoms with Gasteiger partial charge in [0, 0.05) is 18.0 Å². The smallest absolute Gasteiger partial charge is 0.168 e. The van der Waals surface area contributed by atoms with E-state index in [1.165, 1.54) is 18.2 Å². The molecule has 2 nitrogen and oxygen atoms in total. The quantitative estimate of drug-likeness (QED) is 0.786. The van der Waals surface area contributed by atoms with Crippen LogP contribution in [0.3, 0.4) is 0 Å². The molecule has 0 amide bonds. The lowest BCUT2D eigenvalue weighted by Crippen LogP contribution is -2.18. The Bertz CT molecular complexity index is 388. The first kappa shape index (κ1) is 10.6. The molecule has 80 valence electrons. The lowest BCUT2D eigenvalue weighted by Gasteiger charge is -2.08. The minimum atomic E-state index is -0.422. The molecular formula is C11H11ClFNO. The van der Waals surface area contributed by atoms with Crippen molar-refractivity contribution in [1.29, 1.82) is 0 Å². The lowest BCUT2D eigenvalue weighted by molar-refractivity contribution is 0.0930. The van der Waals surface area contributed by atoms with Crippen molar-refractivity contribution in [1.82, 2.24) is 5.32 Å². The van der Waals surface area contributed by atoms with Crippen molar-refractivity contribution in [3.8, 4) is 0 Å². The molecule has 1 atom stereocenters. The van der Waals surface area contributed by atoms with Gasteiger partial charge in [0.05, 0.1) is 5.02 Å². The summed E-state index contributed by atoms with van der Waals surface area (Å²) in [4.78, 5) is 11.9. The van der Waals surface area contributed by atoms with Crippen LogP contribution in [0.5, 0.6) is 0 Å². The number of Topliss-reactive ketones (excluding diaryl/α,β-unsaturated/α-hetero) is 1. The van der Waals surface area contributed by atoms with Gasteiger partial charge in [0.15, 0.2) is 5.78 Å². The SMILES string of the molecule is O=C(c1cc(F)ccc1Cl)C1CCNC1. The molecular weight excluding hydrogens is 217 g/mol. The highest BCUT2D eigenvalue weighted by Gasteiger charge is 2.25. The van der Waals surface area contributed by atoms with Crippen LogP contribution in [0.1, 0.15) is 16.8 Å². The highest BCUT2D eigenvalue weighted by atomic mass is 35.5. The van der Waals surface area contributed by atoms with Gasteiger partial charge in [-0.25, -0.2) is 4.39 Å². The van der Waals surface area contributed by atoms with E-state index in [4.69, 9.17) is 11.6 Å². The summed E-state index contributed by atoms with van der Waals surface area (Å²) < 4.78 is 13.0. The molecule has 1 unspecified atom stereocenters. The van der Waals surface area contributed by atoms with Crippen LogP contribution in [0.25, 0.3) is 0 Å².